The first-order chi connectivity index (χ1) is 11.4. The lowest BCUT2D eigenvalue weighted by Crippen LogP contribution is -2.44. The lowest BCUT2D eigenvalue weighted by molar-refractivity contribution is -0.131. The van der Waals surface area contributed by atoms with Crippen molar-refractivity contribution in [3.63, 3.8) is 0 Å². The number of rotatable bonds is 7. The highest BCUT2D eigenvalue weighted by Crippen LogP contribution is 2.33. The summed E-state index contributed by atoms with van der Waals surface area (Å²) in [7, 11) is -3.00. The van der Waals surface area contributed by atoms with Crippen molar-refractivity contribution >= 4 is 44.0 Å². The summed E-state index contributed by atoms with van der Waals surface area (Å²) in [5.41, 5.74) is 0. The quantitative estimate of drug-likeness (QED) is 0.707. The fourth-order valence-corrected chi connectivity index (χ4v) is 6.54. The SMILES string of the molecule is CCN(C(=O)[C@@H](C)Sc1nnc(NC2CC2)s1)[C@@H]1CCS(=O)(=O)C1. The molecule has 3 rings (SSSR count). The maximum absolute atomic E-state index is 12.7. The molecule has 0 spiro atoms. The first-order valence-corrected chi connectivity index (χ1v) is 11.7. The molecule has 0 aromatic carbocycles. The van der Waals surface area contributed by atoms with E-state index in [1.165, 1.54) is 35.9 Å². The number of nitrogens with one attached hydrogen (secondary N) is 1. The summed E-state index contributed by atoms with van der Waals surface area (Å²) in [6.07, 6.45) is 2.88. The molecule has 1 aliphatic heterocycles. The molecular weight excluding hydrogens is 368 g/mol. The van der Waals surface area contributed by atoms with Crippen LogP contribution in [0.15, 0.2) is 4.34 Å². The Balaban J connectivity index is 1.59. The Morgan fingerprint density at radius 2 is 2.17 bits per heavy atom. The molecule has 2 fully saturated rings. The number of carbonyl (C=O) groups excluding carboxylic acids is 1. The Hall–Kier alpha value is -0.870. The summed E-state index contributed by atoms with van der Waals surface area (Å²) in [6, 6.07) is 0.326. The van der Waals surface area contributed by atoms with E-state index >= 15 is 0 Å². The third-order valence-corrected chi connectivity index (χ3v) is 7.99. The molecule has 1 N–H and O–H groups in total. The van der Waals surface area contributed by atoms with Crippen molar-refractivity contribution in [3.8, 4) is 0 Å². The van der Waals surface area contributed by atoms with Crippen molar-refractivity contribution in [2.24, 2.45) is 0 Å². The average Bonchev–Trinajstić information content (AvgIpc) is 3.11. The molecule has 10 heteroatoms. The fraction of sp³-hybridized carbons (Fsp3) is 0.786. The third-order valence-electron chi connectivity index (χ3n) is 4.21. The van der Waals surface area contributed by atoms with Gasteiger partial charge in [-0.3, -0.25) is 4.79 Å². The normalized spacial score (nSPS) is 23.8. The van der Waals surface area contributed by atoms with Crippen molar-refractivity contribution < 1.29 is 13.2 Å². The summed E-state index contributed by atoms with van der Waals surface area (Å²) < 4.78 is 24.1. The molecule has 0 unspecified atom stereocenters. The van der Waals surface area contributed by atoms with E-state index in [9.17, 15) is 13.2 Å². The zero-order valence-corrected chi connectivity index (χ0v) is 16.2. The molecule has 2 atom stereocenters. The topological polar surface area (TPSA) is 92.3 Å². The van der Waals surface area contributed by atoms with Crippen LogP contribution in [0.4, 0.5) is 5.13 Å². The fourth-order valence-electron chi connectivity index (χ4n) is 2.77. The number of carbonyl (C=O) groups is 1. The summed E-state index contributed by atoms with van der Waals surface area (Å²) in [6.45, 7) is 4.26. The highest BCUT2D eigenvalue weighted by Gasteiger charge is 2.35. The highest BCUT2D eigenvalue weighted by molar-refractivity contribution is 8.02. The molecule has 1 saturated carbocycles. The van der Waals surface area contributed by atoms with Gasteiger partial charge in [0.05, 0.1) is 16.8 Å². The molecule has 1 saturated heterocycles. The molecule has 24 heavy (non-hydrogen) atoms. The van der Waals surface area contributed by atoms with Gasteiger partial charge in [0.1, 0.15) is 0 Å². The van der Waals surface area contributed by atoms with Gasteiger partial charge in [0.2, 0.25) is 11.0 Å². The first-order valence-electron chi connectivity index (χ1n) is 8.15. The van der Waals surface area contributed by atoms with Crippen LogP contribution in [0.2, 0.25) is 0 Å². The second-order valence-corrected chi connectivity index (χ2v) is 11.0. The Morgan fingerprint density at radius 1 is 1.42 bits per heavy atom. The van der Waals surface area contributed by atoms with Crippen LogP contribution in [0.25, 0.3) is 0 Å². The Bertz CT molecular complexity index is 702. The number of aromatic nitrogens is 2. The molecule has 2 aliphatic rings. The Kier molecular flexibility index (Phi) is 5.36. The number of nitrogens with zero attached hydrogens (tertiary/aromatic N) is 3. The minimum absolute atomic E-state index is 0.0310. The minimum atomic E-state index is -3.00. The zero-order chi connectivity index (χ0) is 17.3. The minimum Gasteiger partial charge on any atom is -0.357 e. The molecule has 1 aromatic rings. The maximum atomic E-state index is 12.7. The third kappa shape index (κ3) is 4.40. The molecule has 0 radical (unpaired) electrons. The monoisotopic (exact) mass is 390 g/mol. The number of amides is 1. The van der Waals surface area contributed by atoms with Crippen LogP contribution >= 0.6 is 23.1 Å². The predicted octanol–water partition coefficient (Wildman–Crippen LogP) is 1.63. The van der Waals surface area contributed by atoms with Crippen LogP contribution in [0.5, 0.6) is 0 Å². The van der Waals surface area contributed by atoms with Gasteiger partial charge in [0.15, 0.2) is 14.2 Å². The first kappa shape index (κ1) is 17.9. The lowest BCUT2D eigenvalue weighted by atomic mass is 10.2. The zero-order valence-electron chi connectivity index (χ0n) is 13.8. The van der Waals surface area contributed by atoms with Crippen molar-refractivity contribution in [1.29, 1.82) is 0 Å². The van der Waals surface area contributed by atoms with Crippen LogP contribution in [-0.4, -0.2) is 64.8 Å². The van der Waals surface area contributed by atoms with E-state index in [1.54, 1.807) is 4.90 Å². The van der Waals surface area contributed by atoms with Crippen LogP contribution in [-0.2, 0) is 14.6 Å². The van der Waals surface area contributed by atoms with E-state index in [0.717, 1.165) is 9.47 Å². The Morgan fingerprint density at radius 3 is 2.75 bits per heavy atom. The summed E-state index contributed by atoms with van der Waals surface area (Å²) in [4.78, 5) is 14.4. The standard InChI is InChI=1S/C14H22N4O3S3/c1-3-18(11-6-7-24(20,21)8-11)12(19)9(2)22-14-17-16-13(23-14)15-10-4-5-10/h9-11H,3-8H2,1-2H3,(H,15,16)/t9-,11-/m1/s1. The molecule has 0 bridgehead atoms. The van der Waals surface area contributed by atoms with Gasteiger partial charge in [-0.2, -0.15) is 0 Å². The average molecular weight is 391 g/mol. The van der Waals surface area contributed by atoms with E-state index in [4.69, 9.17) is 0 Å². The van der Waals surface area contributed by atoms with Gasteiger partial charge in [0, 0.05) is 18.6 Å². The number of thioether (sulfide) groups is 1. The number of anilines is 1. The maximum Gasteiger partial charge on any atom is 0.236 e. The van der Waals surface area contributed by atoms with Gasteiger partial charge >= 0.3 is 0 Å². The van der Waals surface area contributed by atoms with Crippen LogP contribution in [0.1, 0.15) is 33.1 Å². The van der Waals surface area contributed by atoms with Crippen LogP contribution < -0.4 is 5.32 Å². The van der Waals surface area contributed by atoms with E-state index in [-0.39, 0.29) is 28.7 Å². The number of hydrogen-bond donors (Lipinski definition) is 1. The van der Waals surface area contributed by atoms with E-state index < -0.39 is 9.84 Å². The lowest BCUT2D eigenvalue weighted by Gasteiger charge is -2.29. The van der Waals surface area contributed by atoms with Gasteiger partial charge in [0.25, 0.3) is 0 Å². The van der Waals surface area contributed by atoms with E-state index in [0.29, 0.717) is 19.0 Å². The smallest absolute Gasteiger partial charge is 0.236 e. The number of hydrogen-bond acceptors (Lipinski definition) is 8. The van der Waals surface area contributed by atoms with Crippen molar-refractivity contribution in [1.82, 2.24) is 15.1 Å². The van der Waals surface area contributed by atoms with Gasteiger partial charge in [-0.25, -0.2) is 8.42 Å². The molecule has 7 nitrogen and oxygen atoms in total. The number of sulfone groups is 1. The van der Waals surface area contributed by atoms with Crippen LogP contribution in [0.3, 0.4) is 0 Å². The molecule has 1 amide bonds. The largest absolute Gasteiger partial charge is 0.357 e. The van der Waals surface area contributed by atoms with Gasteiger partial charge < -0.3 is 10.2 Å². The second-order valence-electron chi connectivity index (χ2n) is 6.23. The summed E-state index contributed by atoms with van der Waals surface area (Å²) in [5, 5.41) is 12.0. The van der Waals surface area contributed by atoms with E-state index in [2.05, 4.69) is 15.5 Å². The Labute approximate surface area is 150 Å². The van der Waals surface area contributed by atoms with Crippen LogP contribution in [0, 0.1) is 0 Å². The van der Waals surface area contributed by atoms with E-state index in [1.807, 2.05) is 13.8 Å². The van der Waals surface area contributed by atoms with Crippen molar-refractivity contribution in [2.45, 2.75) is 54.8 Å². The van der Waals surface area contributed by atoms with Gasteiger partial charge in [-0.05, 0) is 33.1 Å². The molecule has 1 aromatic heterocycles. The second kappa shape index (κ2) is 7.17. The highest BCUT2D eigenvalue weighted by atomic mass is 32.2. The van der Waals surface area contributed by atoms with Crippen molar-refractivity contribution in [2.75, 3.05) is 23.4 Å². The molecule has 1 aliphatic carbocycles. The van der Waals surface area contributed by atoms with Crippen molar-refractivity contribution in [3.05, 3.63) is 0 Å². The van der Waals surface area contributed by atoms with Gasteiger partial charge in [-0.1, -0.05) is 23.1 Å². The predicted molar refractivity (Wildman–Crippen MR) is 96.3 cm³/mol. The summed E-state index contributed by atoms with van der Waals surface area (Å²) in [5.74, 6) is 0.227. The summed E-state index contributed by atoms with van der Waals surface area (Å²) >= 11 is 2.85. The molecule has 2 heterocycles. The molecule has 134 valence electrons. The molecular formula is C14H22N4O3S3. The van der Waals surface area contributed by atoms with Gasteiger partial charge in [-0.15, -0.1) is 10.2 Å².